The summed E-state index contributed by atoms with van der Waals surface area (Å²) in [4.78, 5) is 59.1. The number of benzene rings is 4. The number of nitrogens with zero attached hydrogens (tertiary/aromatic N) is 1. The van der Waals surface area contributed by atoms with E-state index in [1.807, 2.05) is 24.3 Å². The number of aryl methyl sites for hydroxylation is 3. The Morgan fingerprint density at radius 1 is 0.656 bits per heavy atom. The van der Waals surface area contributed by atoms with Crippen molar-refractivity contribution < 1.29 is 74.4 Å². The summed E-state index contributed by atoms with van der Waals surface area (Å²) in [6.07, 6.45) is -4.52. The number of hydrogen-bond acceptors (Lipinski definition) is 9. The van der Waals surface area contributed by atoms with Gasteiger partial charge in [-0.05, 0) is 95.0 Å². The third kappa shape index (κ3) is 14.8. The monoisotopic (exact) mass is 951 g/mol. The highest BCUT2D eigenvalue weighted by Crippen LogP contribution is 2.46. The number of unbranched alkanes of at least 4 members (excludes halogenated alkanes) is 2. The maximum absolute atomic E-state index is 13.8. The van der Waals surface area contributed by atoms with Crippen molar-refractivity contribution in [3.8, 4) is 22.6 Å². The normalized spacial score (nSPS) is 12.6. The second kappa shape index (κ2) is 23.4. The SMILES string of the molecule is CN(CC(F)(F)C(F)(F)C(F)(F)F)C(=O)CCc1ccc(CCCCCc2c(-c3ccc(OC(=O)[C@@H](N)CC(=O)O)cc3)ccc3cc(OC(=O)[C@@H](N)CC(=O)O)ccc23)cc1.Cl.Cl. The zero-order valence-electron chi connectivity index (χ0n) is 34.0. The molecule has 1 amide bonds. The molecule has 12 nitrogen and oxygen atoms in total. The predicted octanol–water partition coefficient (Wildman–Crippen LogP) is 7.94. The van der Waals surface area contributed by atoms with Crippen molar-refractivity contribution in [3.63, 3.8) is 0 Å². The smallest absolute Gasteiger partial charge is 0.459 e. The van der Waals surface area contributed by atoms with Crippen molar-refractivity contribution in [2.24, 2.45) is 11.5 Å². The van der Waals surface area contributed by atoms with E-state index in [4.69, 9.17) is 31.2 Å². The van der Waals surface area contributed by atoms with Gasteiger partial charge in [0, 0.05) is 13.5 Å². The van der Waals surface area contributed by atoms with Crippen LogP contribution in [0.4, 0.5) is 30.7 Å². The Morgan fingerprint density at radius 3 is 1.69 bits per heavy atom. The number of amides is 1. The third-order valence-corrected chi connectivity index (χ3v) is 9.82. The Morgan fingerprint density at radius 2 is 1.16 bits per heavy atom. The summed E-state index contributed by atoms with van der Waals surface area (Å²) in [5.74, 6) is -16.9. The number of fused-ring (bicyclic) bond motifs is 1. The first-order valence-corrected chi connectivity index (χ1v) is 19.2. The molecule has 0 saturated carbocycles. The number of alkyl halides is 7. The molecule has 0 radical (unpaired) electrons. The molecule has 4 aromatic carbocycles. The summed E-state index contributed by atoms with van der Waals surface area (Å²) in [6, 6.07) is 19.5. The fourth-order valence-corrected chi connectivity index (χ4v) is 6.42. The quantitative estimate of drug-likeness (QED) is 0.0274. The number of rotatable bonds is 21. The van der Waals surface area contributed by atoms with Gasteiger partial charge < -0.3 is 36.1 Å². The molecule has 0 fully saturated rings. The first kappa shape index (κ1) is 54.6. The van der Waals surface area contributed by atoms with Gasteiger partial charge in [-0.15, -0.1) is 24.8 Å². The number of esters is 2. The second-order valence-corrected chi connectivity index (χ2v) is 14.7. The van der Waals surface area contributed by atoms with Crippen molar-refractivity contribution in [1.29, 1.82) is 0 Å². The molecule has 4 aromatic rings. The van der Waals surface area contributed by atoms with Gasteiger partial charge in [0.25, 0.3) is 0 Å². The zero-order valence-corrected chi connectivity index (χ0v) is 35.7. The van der Waals surface area contributed by atoms with Crippen molar-refractivity contribution in [2.45, 2.75) is 87.9 Å². The maximum atomic E-state index is 13.8. The summed E-state index contributed by atoms with van der Waals surface area (Å²) < 4.78 is 102. The zero-order chi connectivity index (χ0) is 46.0. The molecule has 6 N–H and O–H groups in total. The molecule has 0 aromatic heterocycles. The van der Waals surface area contributed by atoms with Crippen molar-refractivity contribution in [3.05, 3.63) is 95.6 Å². The van der Waals surface area contributed by atoms with Crippen LogP contribution < -0.4 is 20.9 Å². The van der Waals surface area contributed by atoms with Crippen LogP contribution in [-0.4, -0.2) is 88.6 Å². The molecule has 0 spiro atoms. The number of nitrogens with two attached hydrogens (primary N) is 2. The predicted molar refractivity (Wildman–Crippen MR) is 225 cm³/mol. The molecular formula is C43H46Cl2F7N3O9. The van der Waals surface area contributed by atoms with E-state index in [2.05, 4.69) is 0 Å². The third-order valence-electron chi connectivity index (χ3n) is 9.82. The van der Waals surface area contributed by atoms with Gasteiger partial charge in [-0.1, -0.05) is 61.0 Å². The minimum Gasteiger partial charge on any atom is -0.481 e. The summed E-state index contributed by atoms with van der Waals surface area (Å²) in [6.45, 7) is -2.11. The van der Waals surface area contributed by atoms with E-state index in [0.29, 0.717) is 23.8 Å². The maximum Gasteiger partial charge on any atom is 0.459 e. The highest BCUT2D eigenvalue weighted by molar-refractivity contribution is 5.93. The topological polar surface area (TPSA) is 200 Å². The molecule has 0 heterocycles. The Labute approximate surface area is 374 Å². The molecule has 0 aliphatic heterocycles. The Bertz CT molecular complexity index is 2250. The highest BCUT2D eigenvalue weighted by Gasteiger charge is 2.73. The van der Waals surface area contributed by atoms with Gasteiger partial charge in [0.15, 0.2) is 0 Å². The lowest BCUT2D eigenvalue weighted by atomic mass is 9.90. The van der Waals surface area contributed by atoms with Crippen LogP contribution in [0.5, 0.6) is 11.5 Å². The van der Waals surface area contributed by atoms with Crippen LogP contribution in [0.2, 0.25) is 0 Å². The standard InChI is InChI=1S/C43H44F7N3O9.2ClH/c1-53(24-41(44,45)42(46,47)43(48,49)50)36(54)20-11-26-9-7-25(8-10-26)5-3-2-4-6-33-31(27-12-15-29(16-13-27)61-39(59)34(51)22-37(55)56)18-14-28-21-30(17-19-32(28)33)62-40(60)35(52)23-38(57)58;;/h7-10,12-19,21,34-35H,2-6,11,20,22-24,51-52H2,1H3,(H,55,56)(H,57,58);2*1H/t34-,35-;;/m0../s1. The first-order valence-electron chi connectivity index (χ1n) is 19.2. The van der Waals surface area contributed by atoms with E-state index in [0.717, 1.165) is 54.0 Å². The number of carbonyl (C=O) groups is 5. The van der Waals surface area contributed by atoms with Crippen molar-refractivity contribution in [2.75, 3.05) is 13.6 Å². The molecular weight excluding hydrogens is 906 g/mol. The van der Waals surface area contributed by atoms with Crippen LogP contribution in [-0.2, 0) is 43.2 Å². The number of halogens is 9. The minimum atomic E-state index is -6.49. The van der Waals surface area contributed by atoms with Crippen LogP contribution in [0, 0.1) is 0 Å². The largest absolute Gasteiger partial charge is 0.481 e. The van der Waals surface area contributed by atoms with Crippen LogP contribution in [0.1, 0.15) is 55.2 Å². The number of hydrogen-bond donors (Lipinski definition) is 4. The first-order chi connectivity index (χ1) is 29.0. The van der Waals surface area contributed by atoms with Gasteiger partial charge >= 0.3 is 41.9 Å². The minimum absolute atomic E-state index is 0. The van der Waals surface area contributed by atoms with E-state index in [9.17, 15) is 54.7 Å². The molecule has 0 bridgehead atoms. The van der Waals surface area contributed by atoms with Gasteiger partial charge in [-0.3, -0.25) is 14.4 Å². The van der Waals surface area contributed by atoms with Crippen LogP contribution in [0.3, 0.4) is 0 Å². The summed E-state index contributed by atoms with van der Waals surface area (Å²) in [7, 11) is 0.733. The van der Waals surface area contributed by atoms with Gasteiger partial charge in [0.2, 0.25) is 5.91 Å². The van der Waals surface area contributed by atoms with Gasteiger partial charge in [0.1, 0.15) is 23.6 Å². The lowest BCUT2D eigenvalue weighted by Gasteiger charge is -2.31. The van der Waals surface area contributed by atoms with E-state index < -0.39 is 85.7 Å². The van der Waals surface area contributed by atoms with Crippen LogP contribution in [0.15, 0.2) is 78.9 Å². The molecule has 0 unspecified atom stereocenters. The van der Waals surface area contributed by atoms with E-state index in [1.54, 1.807) is 54.6 Å². The second-order valence-electron chi connectivity index (χ2n) is 14.7. The summed E-state index contributed by atoms with van der Waals surface area (Å²) in [5.41, 5.74) is 15.4. The van der Waals surface area contributed by atoms with Crippen molar-refractivity contribution >= 4 is 65.4 Å². The average molecular weight is 953 g/mol. The van der Waals surface area contributed by atoms with Crippen molar-refractivity contribution in [1.82, 2.24) is 4.90 Å². The number of carboxylic acids is 2. The lowest BCUT2D eigenvalue weighted by molar-refractivity contribution is -0.355. The average Bonchev–Trinajstić information content (AvgIpc) is 3.19. The van der Waals surface area contributed by atoms with Gasteiger partial charge in [-0.2, -0.15) is 30.7 Å². The fourth-order valence-electron chi connectivity index (χ4n) is 6.42. The Kier molecular flexibility index (Phi) is 20.0. The summed E-state index contributed by atoms with van der Waals surface area (Å²) >= 11 is 0. The Hall–Kier alpha value is -5.50. The molecule has 64 heavy (non-hydrogen) atoms. The highest BCUT2D eigenvalue weighted by atomic mass is 35.5. The molecule has 0 aliphatic rings. The lowest BCUT2D eigenvalue weighted by Crippen LogP contribution is -2.57. The molecule has 0 saturated heterocycles. The molecule has 2 atom stereocenters. The van der Waals surface area contributed by atoms with E-state index >= 15 is 0 Å². The molecule has 0 aliphatic carbocycles. The molecule has 21 heteroatoms. The molecule has 4 rings (SSSR count). The summed E-state index contributed by atoms with van der Waals surface area (Å²) in [5, 5.41) is 19.4. The Balaban J connectivity index is 0.00000704. The molecule has 350 valence electrons. The van der Waals surface area contributed by atoms with Crippen LogP contribution in [0.25, 0.3) is 21.9 Å². The number of carboxylic acid groups (broad SMARTS) is 2. The number of ether oxygens (including phenoxy) is 2. The fraction of sp³-hybridized carbons (Fsp3) is 0.372. The van der Waals surface area contributed by atoms with E-state index in [1.165, 1.54) is 0 Å². The number of carbonyl (C=O) groups excluding carboxylic acids is 3. The van der Waals surface area contributed by atoms with Crippen LogP contribution >= 0.6 is 24.8 Å². The van der Waals surface area contributed by atoms with Gasteiger partial charge in [0.05, 0.1) is 19.4 Å². The van der Waals surface area contributed by atoms with Gasteiger partial charge in [-0.25, -0.2) is 9.59 Å². The van der Waals surface area contributed by atoms with E-state index in [-0.39, 0.29) is 47.6 Å². The number of aliphatic carboxylic acids is 2.